The van der Waals surface area contributed by atoms with Crippen molar-refractivity contribution < 1.29 is 18.8 Å². The molecule has 0 bridgehead atoms. The third-order valence-electron chi connectivity index (χ3n) is 5.93. The van der Waals surface area contributed by atoms with Crippen molar-refractivity contribution in [3.8, 4) is 17.1 Å². The van der Waals surface area contributed by atoms with Crippen LogP contribution in [0.15, 0.2) is 63.4 Å². The van der Waals surface area contributed by atoms with Gasteiger partial charge in [0.2, 0.25) is 11.7 Å². The van der Waals surface area contributed by atoms with Crippen LogP contribution >= 0.6 is 0 Å². The van der Waals surface area contributed by atoms with Crippen LogP contribution in [0.2, 0.25) is 0 Å². The quantitative estimate of drug-likeness (QED) is 0.473. The number of carbonyl (C=O) groups excluding carboxylic acids is 2. The first-order valence-corrected chi connectivity index (χ1v) is 11.6. The molecule has 35 heavy (non-hydrogen) atoms. The van der Waals surface area contributed by atoms with Crippen LogP contribution in [0, 0.1) is 0 Å². The molecule has 0 aliphatic carbocycles. The Morgan fingerprint density at radius 3 is 2.34 bits per heavy atom. The molecule has 2 unspecified atom stereocenters. The molecule has 2 aliphatic rings. The summed E-state index contributed by atoms with van der Waals surface area (Å²) < 4.78 is 11.0. The van der Waals surface area contributed by atoms with Crippen molar-refractivity contribution in [1.29, 1.82) is 0 Å². The van der Waals surface area contributed by atoms with Crippen LogP contribution in [0.4, 0.5) is 5.69 Å². The predicted molar refractivity (Wildman–Crippen MR) is 126 cm³/mol. The zero-order valence-corrected chi connectivity index (χ0v) is 20.0. The monoisotopic (exact) mass is 474 g/mol. The van der Waals surface area contributed by atoms with Gasteiger partial charge in [-0.25, -0.2) is 4.90 Å². The van der Waals surface area contributed by atoms with Gasteiger partial charge >= 0.3 is 0 Å². The van der Waals surface area contributed by atoms with E-state index in [4.69, 9.17) is 9.26 Å². The van der Waals surface area contributed by atoms with Crippen molar-refractivity contribution >= 4 is 17.5 Å². The van der Waals surface area contributed by atoms with Crippen molar-refractivity contribution in [1.82, 2.24) is 15.1 Å². The third-order valence-corrected chi connectivity index (χ3v) is 5.93. The van der Waals surface area contributed by atoms with Crippen molar-refractivity contribution in [3.63, 3.8) is 0 Å². The highest BCUT2D eigenvalue weighted by molar-refractivity contribution is 6.25. The average molecular weight is 475 g/mol. The Balaban J connectivity index is 1.30. The molecule has 1 fully saturated rings. The smallest absolute Gasteiger partial charge is 0.263 e. The van der Waals surface area contributed by atoms with Gasteiger partial charge in [-0.2, -0.15) is 10.1 Å². The fraction of sp³-hybridized carbons (Fsp3) is 0.360. The Morgan fingerprint density at radius 1 is 0.971 bits per heavy atom. The maximum Gasteiger partial charge on any atom is 0.263 e. The van der Waals surface area contributed by atoms with Crippen LogP contribution in [-0.2, 0) is 16.1 Å². The lowest BCUT2D eigenvalue weighted by atomic mass is 10.0. The van der Waals surface area contributed by atoms with Crippen LogP contribution in [0.5, 0.6) is 5.75 Å². The number of fused-ring (bicyclic) bond motifs is 1. The van der Waals surface area contributed by atoms with Gasteiger partial charge in [-0.3, -0.25) is 14.6 Å². The minimum atomic E-state index is -0.886. The van der Waals surface area contributed by atoms with Gasteiger partial charge in [-0.1, -0.05) is 36.4 Å². The number of hydrogen-bond acceptors (Lipinski definition) is 9. The molecule has 180 valence electrons. The van der Waals surface area contributed by atoms with Gasteiger partial charge in [0.25, 0.3) is 11.8 Å². The van der Waals surface area contributed by atoms with Gasteiger partial charge in [-0.15, -0.1) is 0 Å². The summed E-state index contributed by atoms with van der Waals surface area (Å²) in [6.45, 7) is 8.16. The fourth-order valence-corrected chi connectivity index (χ4v) is 4.15. The molecule has 5 rings (SSSR count). The van der Waals surface area contributed by atoms with Crippen molar-refractivity contribution in [3.05, 3.63) is 60.0 Å². The van der Waals surface area contributed by atoms with E-state index in [1.165, 1.54) is 9.91 Å². The molecule has 1 saturated heterocycles. The first kappa shape index (κ1) is 22.7. The number of amides is 2. The number of aromatic nitrogens is 2. The summed E-state index contributed by atoms with van der Waals surface area (Å²) in [7, 11) is 0. The van der Waals surface area contributed by atoms with E-state index in [2.05, 4.69) is 34.3 Å². The minimum Gasteiger partial charge on any atom is -0.491 e. The second kappa shape index (κ2) is 8.94. The number of imide groups is 1. The number of ether oxygens (including phenoxy) is 1. The lowest BCUT2D eigenvalue weighted by Gasteiger charge is -2.19. The first-order chi connectivity index (χ1) is 16.8. The van der Waals surface area contributed by atoms with E-state index < -0.39 is 18.0 Å². The largest absolute Gasteiger partial charge is 0.491 e. The zero-order chi connectivity index (χ0) is 24.7. The van der Waals surface area contributed by atoms with Gasteiger partial charge in [0.1, 0.15) is 12.3 Å². The van der Waals surface area contributed by atoms with Crippen LogP contribution in [-0.4, -0.2) is 45.2 Å². The molecule has 10 heteroatoms. The molecular formula is C25H26N6O4. The van der Waals surface area contributed by atoms with E-state index in [1.54, 1.807) is 12.1 Å². The van der Waals surface area contributed by atoms with Crippen LogP contribution in [0.3, 0.4) is 0 Å². The Hall–Kier alpha value is -4.08. The summed E-state index contributed by atoms with van der Waals surface area (Å²) in [5.41, 5.74) is 2.42. The summed E-state index contributed by atoms with van der Waals surface area (Å²) in [6, 6.07) is 13.1. The lowest BCUT2D eigenvalue weighted by Crippen LogP contribution is -2.39. The van der Waals surface area contributed by atoms with Crippen molar-refractivity contribution in [2.45, 2.75) is 58.3 Å². The van der Waals surface area contributed by atoms with E-state index in [0.29, 0.717) is 17.4 Å². The molecule has 2 atom stereocenters. The highest BCUT2D eigenvalue weighted by atomic mass is 16.5. The van der Waals surface area contributed by atoms with Gasteiger partial charge in [0.05, 0.1) is 11.8 Å². The van der Waals surface area contributed by atoms with E-state index in [1.807, 2.05) is 50.2 Å². The summed E-state index contributed by atoms with van der Waals surface area (Å²) in [4.78, 5) is 31.8. The second-order valence-electron chi connectivity index (χ2n) is 9.15. The van der Waals surface area contributed by atoms with Crippen molar-refractivity contribution in [2.24, 2.45) is 10.3 Å². The van der Waals surface area contributed by atoms with E-state index in [-0.39, 0.29) is 24.4 Å². The topological polar surface area (TPSA) is 113 Å². The average Bonchev–Trinajstić information content (AvgIpc) is 3.52. The molecule has 0 N–H and O–H groups in total. The Labute approximate surface area is 202 Å². The predicted octanol–water partition coefficient (Wildman–Crippen LogP) is 4.14. The van der Waals surface area contributed by atoms with Gasteiger partial charge < -0.3 is 9.26 Å². The Kier molecular flexibility index (Phi) is 5.80. The number of benzene rings is 2. The standard InChI is InChI=1S/C25H26N6O4/c1-14(2)16-5-9-18(10-6-16)31-24(32)21-22(25(31)33)30(29-27-21)13-20-26-23(28-35-20)17-7-11-19(12-8-17)34-15(3)4/h5-12,14-15,21-22H,13H2,1-4H3. The fourth-order valence-electron chi connectivity index (χ4n) is 4.15. The lowest BCUT2D eigenvalue weighted by molar-refractivity contribution is -0.123. The number of rotatable bonds is 7. The number of carbonyl (C=O) groups is 2. The van der Waals surface area contributed by atoms with E-state index in [9.17, 15) is 9.59 Å². The van der Waals surface area contributed by atoms with E-state index >= 15 is 0 Å². The number of nitrogens with zero attached hydrogens (tertiary/aromatic N) is 6. The van der Waals surface area contributed by atoms with E-state index in [0.717, 1.165) is 16.9 Å². The Bertz CT molecular complexity index is 1270. The molecule has 0 saturated carbocycles. The molecule has 2 aliphatic heterocycles. The highest BCUT2D eigenvalue weighted by Gasteiger charge is 2.55. The summed E-state index contributed by atoms with van der Waals surface area (Å²) in [5.74, 6) is 1.01. The van der Waals surface area contributed by atoms with Crippen LogP contribution < -0.4 is 9.64 Å². The SMILES string of the molecule is CC(C)Oc1ccc(-c2noc(CN3N=NC4C(=O)N(c5ccc(C(C)C)cc5)C(=O)C43)n2)cc1. The Morgan fingerprint density at radius 2 is 1.69 bits per heavy atom. The minimum absolute atomic E-state index is 0.0609. The normalized spacial score (nSPS) is 19.4. The summed E-state index contributed by atoms with van der Waals surface area (Å²) in [6.07, 6.45) is 0.0802. The molecule has 2 aromatic carbocycles. The molecule has 10 nitrogen and oxygen atoms in total. The molecular weight excluding hydrogens is 448 g/mol. The third kappa shape index (κ3) is 4.27. The maximum atomic E-state index is 13.2. The van der Waals surface area contributed by atoms with Crippen molar-refractivity contribution in [2.75, 3.05) is 4.90 Å². The molecule has 1 aromatic heterocycles. The van der Waals surface area contributed by atoms with Gasteiger partial charge in [0.15, 0.2) is 12.1 Å². The molecule has 2 amide bonds. The number of anilines is 1. The van der Waals surface area contributed by atoms with Gasteiger partial charge in [-0.05, 0) is 61.7 Å². The molecule has 0 spiro atoms. The zero-order valence-electron chi connectivity index (χ0n) is 20.0. The molecule has 0 radical (unpaired) electrons. The molecule has 3 aromatic rings. The summed E-state index contributed by atoms with van der Waals surface area (Å²) >= 11 is 0. The highest BCUT2D eigenvalue weighted by Crippen LogP contribution is 2.33. The van der Waals surface area contributed by atoms with Crippen LogP contribution in [0.1, 0.15) is 45.1 Å². The van der Waals surface area contributed by atoms with Gasteiger partial charge in [0, 0.05) is 5.56 Å². The molecule has 3 heterocycles. The van der Waals surface area contributed by atoms with Crippen LogP contribution in [0.25, 0.3) is 11.4 Å². The second-order valence-corrected chi connectivity index (χ2v) is 9.15. The number of hydrogen-bond donors (Lipinski definition) is 0. The maximum absolute atomic E-state index is 13.2. The first-order valence-electron chi connectivity index (χ1n) is 11.6. The summed E-state index contributed by atoms with van der Waals surface area (Å²) in [5, 5.41) is 13.6.